The molecule has 0 amide bonds. The number of nitrogens with zero attached hydrogens (tertiary/aromatic N) is 1. The van der Waals surface area contributed by atoms with Crippen LogP contribution in [0.1, 0.15) is 70.8 Å². The molecule has 0 aliphatic carbocycles. The van der Waals surface area contributed by atoms with Crippen molar-refractivity contribution < 1.29 is 19.0 Å². The van der Waals surface area contributed by atoms with Gasteiger partial charge in [0.05, 0.1) is 19.3 Å². The van der Waals surface area contributed by atoms with Crippen LogP contribution >= 0.6 is 0 Å². The summed E-state index contributed by atoms with van der Waals surface area (Å²) < 4.78 is 16.6. The molecule has 1 heterocycles. The summed E-state index contributed by atoms with van der Waals surface area (Å²) in [5.41, 5.74) is -0.171. The molecule has 1 aliphatic heterocycles. The van der Waals surface area contributed by atoms with E-state index in [1.165, 1.54) is 37.7 Å². The Bertz CT molecular complexity index is 627. The van der Waals surface area contributed by atoms with E-state index < -0.39 is 11.4 Å². The van der Waals surface area contributed by atoms with E-state index in [0.717, 1.165) is 25.7 Å². The maximum absolute atomic E-state index is 12.6. The predicted molar refractivity (Wildman–Crippen MR) is 108 cm³/mol. The van der Waals surface area contributed by atoms with Crippen LogP contribution in [0, 0.1) is 16.7 Å². The number of carbonyl (C=O) groups is 1. The van der Waals surface area contributed by atoms with Crippen LogP contribution in [0.25, 0.3) is 0 Å². The zero-order valence-electron chi connectivity index (χ0n) is 17.2. The lowest BCUT2D eigenvalue weighted by Gasteiger charge is -2.33. The van der Waals surface area contributed by atoms with Crippen LogP contribution in [-0.4, -0.2) is 25.5 Å². The molecule has 1 saturated heterocycles. The van der Waals surface area contributed by atoms with Crippen LogP contribution in [0.3, 0.4) is 0 Å². The number of aryl methyl sites for hydroxylation is 1. The highest BCUT2D eigenvalue weighted by Crippen LogP contribution is 2.28. The molecule has 0 bridgehead atoms. The van der Waals surface area contributed by atoms with Crippen molar-refractivity contribution in [2.75, 3.05) is 13.2 Å². The quantitative estimate of drug-likeness (QED) is 0.297. The fourth-order valence-corrected chi connectivity index (χ4v) is 3.19. The van der Waals surface area contributed by atoms with Crippen molar-refractivity contribution in [3.63, 3.8) is 0 Å². The molecular weight excluding hydrogens is 354 g/mol. The van der Waals surface area contributed by atoms with E-state index in [1.807, 2.05) is 18.2 Å². The van der Waals surface area contributed by atoms with Gasteiger partial charge in [0.15, 0.2) is 6.29 Å². The predicted octanol–water partition coefficient (Wildman–Crippen LogP) is 5.18. The first-order valence-corrected chi connectivity index (χ1v) is 10.6. The second kappa shape index (κ2) is 11.8. The third-order valence-electron chi connectivity index (χ3n) is 5.13. The molecule has 2 rings (SSSR count). The Balaban J connectivity index is 1.83. The molecule has 5 heteroatoms. The maximum Gasteiger partial charge on any atom is 0.336 e. The lowest BCUT2D eigenvalue weighted by molar-refractivity contribution is -0.223. The molecular formula is C23H33NO4. The second-order valence-corrected chi connectivity index (χ2v) is 7.59. The zero-order valence-corrected chi connectivity index (χ0v) is 17.2. The van der Waals surface area contributed by atoms with Gasteiger partial charge in [0.1, 0.15) is 5.75 Å². The van der Waals surface area contributed by atoms with Crippen molar-refractivity contribution in [3.05, 3.63) is 29.8 Å². The molecule has 28 heavy (non-hydrogen) atoms. The Morgan fingerprint density at radius 2 is 1.71 bits per heavy atom. The van der Waals surface area contributed by atoms with Gasteiger partial charge in [-0.1, -0.05) is 58.1 Å². The van der Waals surface area contributed by atoms with Gasteiger partial charge in [0, 0.05) is 0 Å². The molecule has 1 aromatic carbocycles. The van der Waals surface area contributed by atoms with Crippen LogP contribution < -0.4 is 4.74 Å². The molecule has 154 valence electrons. The van der Waals surface area contributed by atoms with Gasteiger partial charge in [0.25, 0.3) is 0 Å². The maximum atomic E-state index is 12.6. The summed E-state index contributed by atoms with van der Waals surface area (Å²) in [5.74, 6) is -0.168. The monoisotopic (exact) mass is 387 g/mol. The Kier molecular flexibility index (Phi) is 9.46. The smallest absolute Gasteiger partial charge is 0.336 e. The first-order chi connectivity index (χ1) is 13.6. The van der Waals surface area contributed by atoms with Crippen molar-refractivity contribution >= 4 is 5.97 Å². The van der Waals surface area contributed by atoms with Gasteiger partial charge in [-0.05, 0) is 43.4 Å². The molecule has 1 aromatic rings. The Morgan fingerprint density at radius 3 is 2.32 bits per heavy atom. The molecule has 5 nitrogen and oxygen atoms in total. The number of unbranched alkanes of at least 4 members (excludes halogenated alkanes) is 5. The normalized spacial score (nSPS) is 21.8. The molecule has 0 atom stereocenters. The van der Waals surface area contributed by atoms with E-state index in [2.05, 4.69) is 13.8 Å². The number of esters is 1. The average Bonchev–Trinajstić information content (AvgIpc) is 2.73. The molecule has 0 unspecified atom stereocenters. The number of hydrogen-bond donors (Lipinski definition) is 0. The van der Waals surface area contributed by atoms with Gasteiger partial charge in [-0.2, -0.15) is 5.26 Å². The highest BCUT2D eigenvalue weighted by molar-refractivity contribution is 5.82. The number of hydrogen-bond acceptors (Lipinski definition) is 5. The van der Waals surface area contributed by atoms with E-state index in [1.54, 1.807) is 12.1 Å². The van der Waals surface area contributed by atoms with Gasteiger partial charge in [0.2, 0.25) is 5.41 Å². The standard InChI is InChI=1S/C23H33NO4/c1-3-5-7-8-9-10-19-12-14-20(15-13-19)28-22(25)23(16-24)17-26-21(27-18-23)11-6-4-2/h12-15,21H,3-11,17-18H2,1-2H3/t21-,23+. The van der Waals surface area contributed by atoms with E-state index in [9.17, 15) is 10.1 Å². The molecule has 0 N–H and O–H groups in total. The molecule has 1 fully saturated rings. The number of benzene rings is 1. The van der Waals surface area contributed by atoms with Crippen molar-refractivity contribution in [2.45, 2.75) is 77.9 Å². The lowest BCUT2D eigenvalue weighted by Crippen LogP contribution is -2.48. The van der Waals surface area contributed by atoms with Gasteiger partial charge < -0.3 is 14.2 Å². The molecule has 0 aromatic heterocycles. The molecule has 0 saturated carbocycles. The summed E-state index contributed by atoms with van der Waals surface area (Å²) in [6.07, 6.45) is 9.73. The third kappa shape index (κ3) is 6.61. The molecule has 0 spiro atoms. The first-order valence-electron chi connectivity index (χ1n) is 10.6. The van der Waals surface area contributed by atoms with E-state index in [4.69, 9.17) is 14.2 Å². The van der Waals surface area contributed by atoms with Crippen LogP contribution in [0.5, 0.6) is 5.75 Å². The second-order valence-electron chi connectivity index (χ2n) is 7.59. The molecule has 0 radical (unpaired) electrons. The fourth-order valence-electron chi connectivity index (χ4n) is 3.19. The minimum atomic E-state index is -1.40. The van der Waals surface area contributed by atoms with Gasteiger partial charge in [-0.3, -0.25) is 0 Å². The van der Waals surface area contributed by atoms with Crippen molar-refractivity contribution in [1.29, 1.82) is 5.26 Å². The summed E-state index contributed by atoms with van der Waals surface area (Å²) in [5, 5.41) is 9.54. The van der Waals surface area contributed by atoms with Crippen LogP contribution in [0.2, 0.25) is 0 Å². The minimum Gasteiger partial charge on any atom is -0.425 e. The number of rotatable bonds is 11. The fraction of sp³-hybridized carbons (Fsp3) is 0.652. The summed E-state index contributed by atoms with van der Waals surface area (Å²) >= 11 is 0. The number of ether oxygens (including phenoxy) is 3. The Labute approximate surface area is 169 Å². The highest BCUT2D eigenvalue weighted by Gasteiger charge is 2.46. The lowest BCUT2D eigenvalue weighted by atomic mass is 9.91. The Hall–Kier alpha value is -1.90. The van der Waals surface area contributed by atoms with E-state index >= 15 is 0 Å². The zero-order chi connectivity index (χ0) is 20.2. The average molecular weight is 388 g/mol. The molecule has 1 aliphatic rings. The van der Waals surface area contributed by atoms with E-state index in [0.29, 0.717) is 5.75 Å². The van der Waals surface area contributed by atoms with Crippen molar-refractivity contribution in [2.24, 2.45) is 5.41 Å². The van der Waals surface area contributed by atoms with Crippen LogP contribution in [-0.2, 0) is 20.7 Å². The Morgan fingerprint density at radius 1 is 1.07 bits per heavy atom. The van der Waals surface area contributed by atoms with Gasteiger partial charge >= 0.3 is 5.97 Å². The third-order valence-corrected chi connectivity index (χ3v) is 5.13. The van der Waals surface area contributed by atoms with E-state index in [-0.39, 0.29) is 19.5 Å². The summed E-state index contributed by atoms with van der Waals surface area (Å²) in [6.45, 7) is 4.32. The largest absolute Gasteiger partial charge is 0.425 e. The summed E-state index contributed by atoms with van der Waals surface area (Å²) in [7, 11) is 0. The summed E-state index contributed by atoms with van der Waals surface area (Å²) in [4.78, 5) is 12.6. The minimum absolute atomic E-state index is 0.00651. The van der Waals surface area contributed by atoms with Gasteiger partial charge in [-0.15, -0.1) is 0 Å². The first kappa shape index (κ1) is 22.4. The topological polar surface area (TPSA) is 68.6 Å². The van der Waals surface area contributed by atoms with Crippen LogP contribution in [0.15, 0.2) is 24.3 Å². The number of carbonyl (C=O) groups excluding carboxylic acids is 1. The van der Waals surface area contributed by atoms with Gasteiger partial charge in [-0.25, -0.2) is 4.79 Å². The number of nitriles is 1. The highest BCUT2D eigenvalue weighted by atomic mass is 16.7. The SMILES string of the molecule is CCCCCCCc1ccc(OC(=O)[C@]2(C#N)CO[C@H](CCCC)OC2)cc1. The summed E-state index contributed by atoms with van der Waals surface area (Å²) in [6, 6.07) is 9.59. The van der Waals surface area contributed by atoms with Crippen molar-refractivity contribution in [1.82, 2.24) is 0 Å². The van der Waals surface area contributed by atoms with Crippen LogP contribution in [0.4, 0.5) is 0 Å². The van der Waals surface area contributed by atoms with Crippen molar-refractivity contribution in [3.8, 4) is 11.8 Å².